The van der Waals surface area contributed by atoms with Crippen LogP contribution in [0.4, 0.5) is 10.5 Å². The number of nitrogens with zero attached hydrogens (tertiary/aromatic N) is 2. The molecule has 1 aromatic carbocycles. The zero-order chi connectivity index (χ0) is 22.2. The van der Waals surface area contributed by atoms with Gasteiger partial charge < -0.3 is 14.5 Å². The van der Waals surface area contributed by atoms with Crippen LogP contribution in [-0.2, 0) is 16.1 Å². The number of carbonyl (C=O) groups is 3. The fourth-order valence-electron chi connectivity index (χ4n) is 3.91. The quantitative estimate of drug-likeness (QED) is 0.804. The van der Waals surface area contributed by atoms with Gasteiger partial charge in [0.15, 0.2) is 0 Å². The fourth-order valence-corrected chi connectivity index (χ4v) is 3.91. The number of anilines is 1. The summed E-state index contributed by atoms with van der Waals surface area (Å²) in [6.45, 7) is 14.4. The van der Waals surface area contributed by atoms with Crippen molar-refractivity contribution in [1.82, 2.24) is 9.80 Å². The van der Waals surface area contributed by atoms with Crippen molar-refractivity contribution in [3.8, 4) is 0 Å². The molecule has 0 spiro atoms. The van der Waals surface area contributed by atoms with Crippen molar-refractivity contribution < 1.29 is 19.1 Å². The number of benzene rings is 1. The highest BCUT2D eigenvalue weighted by molar-refractivity contribution is 6.03. The largest absolute Gasteiger partial charge is 0.444 e. The summed E-state index contributed by atoms with van der Waals surface area (Å²) in [7, 11) is 0. The van der Waals surface area contributed by atoms with E-state index in [2.05, 4.69) is 25.7 Å². The van der Waals surface area contributed by atoms with Gasteiger partial charge in [-0.1, -0.05) is 26.5 Å². The summed E-state index contributed by atoms with van der Waals surface area (Å²) in [6, 6.07) is 4.68. The SMILES string of the molecule is C=C1CCC(N2Cc3c(NC(=O)OC(C)(C)C)cccc3C2=O)C(=O)N1CC(C)C. The lowest BCUT2D eigenvalue weighted by Gasteiger charge is -2.38. The lowest BCUT2D eigenvalue weighted by Crippen LogP contribution is -2.52. The highest BCUT2D eigenvalue weighted by Crippen LogP contribution is 2.34. The Labute approximate surface area is 178 Å². The minimum absolute atomic E-state index is 0.0808. The molecule has 1 fully saturated rings. The van der Waals surface area contributed by atoms with E-state index in [4.69, 9.17) is 4.74 Å². The van der Waals surface area contributed by atoms with Crippen LogP contribution in [0, 0.1) is 5.92 Å². The molecule has 0 saturated carbocycles. The number of carbonyl (C=O) groups excluding carboxylic acids is 3. The number of nitrogens with one attached hydrogen (secondary N) is 1. The van der Waals surface area contributed by atoms with E-state index < -0.39 is 17.7 Å². The first kappa shape index (κ1) is 21.9. The third kappa shape index (κ3) is 4.50. The molecule has 7 nitrogen and oxygen atoms in total. The molecule has 2 heterocycles. The normalized spacial score (nSPS) is 19.4. The lowest BCUT2D eigenvalue weighted by molar-refractivity contribution is -0.137. The first-order valence-electron chi connectivity index (χ1n) is 10.4. The van der Waals surface area contributed by atoms with E-state index in [0.29, 0.717) is 42.1 Å². The second-order valence-corrected chi connectivity index (χ2v) is 9.36. The first-order chi connectivity index (χ1) is 14.0. The molecule has 2 aliphatic rings. The molecule has 1 atom stereocenters. The predicted molar refractivity (Wildman–Crippen MR) is 115 cm³/mol. The van der Waals surface area contributed by atoms with Crippen LogP contribution in [0.3, 0.4) is 0 Å². The maximum absolute atomic E-state index is 13.2. The average Bonchev–Trinajstić information content (AvgIpc) is 2.95. The zero-order valence-electron chi connectivity index (χ0n) is 18.4. The summed E-state index contributed by atoms with van der Waals surface area (Å²) in [4.78, 5) is 41.8. The molecule has 30 heavy (non-hydrogen) atoms. The smallest absolute Gasteiger partial charge is 0.412 e. The Morgan fingerprint density at radius 1 is 1.30 bits per heavy atom. The van der Waals surface area contributed by atoms with E-state index in [9.17, 15) is 14.4 Å². The molecular formula is C23H31N3O4. The average molecular weight is 414 g/mol. The fraction of sp³-hybridized carbons (Fsp3) is 0.522. The van der Waals surface area contributed by atoms with Gasteiger partial charge in [-0.05, 0) is 51.7 Å². The van der Waals surface area contributed by atoms with Crippen molar-refractivity contribution in [2.24, 2.45) is 5.92 Å². The molecule has 1 N–H and O–H groups in total. The molecule has 1 unspecified atom stereocenters. The van der Waals surface area contributed by atoms with Crippen LogP contribution in [0.2, 0.25) is 0 Å². The van der Waals surface area contributed by atoms with Crippen LogP contribution in [0.1, 0.15) is 63.4 Å². The Morgan fingerprint density at radius 2 is 2.00 bits per heavy atom. The van der Waals surface area contributed by atoms with Crippen LogP contribution < -0.4 is 5.32 Å². The van der Waals surface area contributed by atoms with Gasteiger partial charge in [-0.15, -0.1) is 0 Å². The van der Waals surface area contributed by atoms with Crippen LogP contribution in [0.5, 0.6) is 0 Å². The summed E-state index contributed by atoms with van der Waals surface area (Å²) in [6.07, 6.45) is 0.655. The van der Waals surface area contributed by atoms with Crippen LogP contribution in [0.15, 0.2) is 30.5 Å². The summed E-state index contributed by atoms with van der Waals surface area (Å²) in [5, 5.41) is 2.75. The van der Waals surface area contributed by atoms with Gasteiger partial charge in [0, 0.05) is 35.6 Å². The molecule has 1 saturated heterocycles. The summed E-state index contributed by atoms with van der Waals surface area (Å²) >= 11 is 0. The maximum Gasteiger partial charge on any atom is 0.412 e. The van der Waals surface area contributed by atoms with E-state index >= 15 is 0 Å². The second kappa shape index (κ2) is 8.13. The number of hydrogen-bond donors (Lipinski definition) is 1. The molecule has 2 aliphatic heterocycles. The van der Waals surface area contributed by atoms with Gasteiger partial charge >= 0.3 is 6.09 Å². The molecular weight excluding hydrogens is 382 g/mol. The van der Waals surface area contributed by atoms with E-state index in [1.165, 1.54) is 0 Å². The molecule has 7 heteroatoms. The number of fused-ring (bicyclic) bond motifs is 1. The molecule has 162 valence electrons. The van der Waals surface area contributed by atoms with Gasteiger partial charge in [0.05, 0.1) is 0 Å². The predicted octanol–water partition coefficient (Wildman–Crippen LogP) is 4.15. The van der Waals surface area contributed by atoms with Gasteiger partial charge in [0.25, 0.3) is 5.91 Å². The van der Waals surface area contributed by atoms with Crippen molar-refractivity contribution in [3.63, 3.8) is 0 Å². The third-order valence-corrected chi connectivity index (χ3v) is 5.19. The van der Waals surface area contributed by atoms with Gasteiger partial charge in [-0.25, -0.2) is 4.79 Å². The Morgan fingerprint density at radius 3 is 2.63 bits per heavy atom. The Bertz CT molecular complexity index is 885. The highest BCUT2D eigenvalue weighted by atomic mass is 16.6. The zero-order valence-corrected chi connectivity index (χ0v) is 18.4. The number of hydrogen-bond acceptors (Lipinski definition) is 4. The van der Waals surface area contributed by atoms with E-state index in [1.54, 1.807) is 48.8 Å². The number of ether oxygens (including phenoxy) is 1. The van der Waals surface area contributed by atoms with Gasteiger partial charge in [-0.3, -0.25) is 14.9 Å². The number of rotatable bonds is 4. The monoisotopic (exact) mass is 413 g/mol. The Hall–Kier alpha value is -2.83. The molecule has 0 radical (unpaired) electrons. The van der Waals surface area contributed by atoms with Crippen molar-refractivity contribution in [1.29, 1.82) is 0 Å². The molecule has 3 amide bonds. The maximum atomic E-state index is 13.2. The lowest BCUT2D eigenvalue weighted by atomic mass is 9.99. The van der Waals surface area contributed by atoms with Crippen LogP contribution in [-0.4, -0.2) is 45.9 Å². The van der Waals surface area contributed by atoms with Crippen LogP contribution in [0.25, 0.3) is 0 Å². The minimum Gasteiger partial charge on any atom is -0.444 e. The standard InChI is InChI=1S/C23H31N3O4/c1-14(2)12-25-15(3)10-11-19(21(25)28)26-13-17-16(20(26)27)8-7-9-18(17)24-22(29)30-23(4,5)6/h7-9,14,19H,3,10-13H2,1-2,4-6H3,(H,24,29). The molecule has 0 bridgehead atoms. The van der Waals surface area contributed by atoms with E-state index in [1.807, 2.05) is 0 Å². The highest BCUT2D eigenvalue weighted by Gasteiger charge is 2.41. The third-order valence-electron chi connectivity index (χ3n) is 5.19. The Kier molecular flexibility index (Phi) is 5.92. The van der Waals surface area contributed by atoms with Crippen molar-refractivity contribution in [2.75, 3.05) is 11.9 Å². The number of likely N-dealkylation sites (tertiary alicyclic amines) is 1. The van der Waals surface area contributed by atoms with E-state index in [-0.39, 0.29) is 18.4 Å². The summed E-state index contributed by atoms with van der Waals surface area (Å²) in [5.41, 5.74) is 1.93. The molecule has 0 aromatic heterocycles. The van der Waals surface area contributed by atoms with Crippen molar-refractivity contribution in [3.05, 3.63) is 41.6 Å². The number of amides is 3. The molecule has 3 rings (SSSR count). The van der Waals surface area contributed by atoms with Crippen molar-refractivity contribution in [2.45, 2.75) is 65.6 Å². The van der Waals surface area contributed by atoms with E-state index in [0.717, 1.165) is 5.70 Å². The number of allylic oxidation sites excluding steroid dienone is 1. The first-order valence-corrected chi connectivity index (χ1v) is 10.4. The summed E-state index contributed by atoms with van der Waals surface area (Å²) < 4.78 is 5.33. The Balaban J connectivity index is 1.81. The van der Waals surface area contributed by atoms with Crippen LogP contribution >= 0.6 is 0 Å². The topological polar surface area (TPSA) is 79.0 Å². The van der Waals surface area contributed by atoms with Gasteiger partial charge in [0.2, 0.25) is 5.91 Å². The minimum atomic E-state index is -0.624. The molecule has 1 aromatic rings. The second-order valence-electron chi connectivity index (χ2n) is 9.36. The molecule has 0 aliphatic carbocycles. The van der Waals surface area contributed by atoms with Gasteiger partial charge in [0.1, 0.15) is 11.6 Å². The summed E-state index contributed by atoms with van der Waals surface area (Å²) in [5.74, 6) is 0.0384. The van der Waals surface area contributed by atoms with Crippen molar-refractivity contribution >= 4 is 23.6 Å². The van der Waals surface area contributed by atoms with Gasteiger partial charge in [-0.2, -0.15) is 0 Å². The number of piperidine rings is 1.